The van der Waals surface area contributed by atoms with E-state index in [1.165, 1.54) is 18.4 Å². The molecule has 1 aliphatic carbocycles. The summed E-state index contributed by atoms with van der Waals surface area (Å²) >= 11 is 0. The maximum absolute atomic E-state index is 6.47. The van der Waals surface area contributed by atoms with E-state index >= 15 is 0 Å². The predicted molar refractivity (Wildman–Crippen MR) is 59.9 cm³/mol. The standard InChI is InChI=1S/C13H19N/c1-11-6-5-9-13(14,10-11)12-7-3-2-4-8-12/h2-4,7-8,11H,5-6,9-10,14H2,1H3/t11-,13-/m0/s1. The summed E-state index contributed by atoms with van der Waals surface area (Å²) in [7, 11) is 0. The van der Waals surface area contributed by atoms with Crippen LogP contribution in [0.4, 0.5) is 0 Å². The zero-order chi connectivity index (χ0) is 10.0. The van der Waals surface area contributed by atoms with Gasteiger partial charge in [0.15, 0.2) is 0 Å². The summed E-state index contributed by atoms with van der Waals surface area (Å²) in [5.41, 5.74) is 7.73. The largest absolute Gasteiger partial charge is 0.321 e. The summed E-state index contributed by atoms with van der Waals surface area (Å²) in [4.78, 5) is 0. The van der Waals surface area contributed by atoms with Crippen molar-refractivity contribution in [3.8, 4) is 0 Å². The highest BCUT2D eigenvalue weighted by Crippen LogP contribution is 2.37. The first kappa shape index (κ1) is 9.72. The van der Waals surface area contributed by atoms with E-state index in [4.69, 9.17) is 5.73 Å². The van der Waals surface area contributed by atoms with Gasteiger partial charge in [-0.1, -0.05) is 50.1 Å². The van der Waals surface area contributed by atoms with Gasteiger partial charge in [-0.15, -0.1) is 0 Å². The minimum absolute atomic E-state index is 0.0566. The number of rotatable bonds is 1. The summed E-state index contributed by atoms with van der Waals surface area (Å²) < 4.78 is 0. The minimum Gasteiger partial charge on any atom is -0.321 e. The fourth-order valence-electron chi connectivity index (χ4n) is 2.62. The zero-order valence-corrected chi connectivity index (χ0v) is 8.87. The number of benzene rings is 1. The monoisotopic (exact) mass is 189 g/mol. The van der Waals surface area contributed by atoms with Gasteiger partial charge >= 0.3 is 0 Å². The lowest BCUT2D eigenvalue weighted by molar-refractivity contribution is 0.239. The molecule has 1 saturated carbocycles. The van der Waals surface area contributed by atoms with Crippen LogP contribution in [-0.4, -0.2) is 0 Å². The molecular weight excluding hydrogens is 170 g/mol. The first-order valence-corrected chi connectivity index (χ1v) is 5.55. The SMILES string of the molecule is C[C@H]1CCC[C@@](N)(c2ccccc2)C1. The molecule has 0 heterocycles. The van der Waals surface area contributed by atoms with Crippen LogP contribution in [0.15, 0.2) is 30.3 Å². The quantitative estimate of drug-likeness (QED) is 0.722. The Morgan fingerprint density at radius 2 is 2.00 bits per heavy atom. The Labute approximate surface area is 86.3 Å². The van der Waals surface area contributed by atoms with E-state index in [0.717, 1.165) is 18.8 Å². The highest BCUT2D eigenvalue weighted by atomic mass is 14.7. The topological polar surface area (TPSA) is 26.0 Å². The van der Waals surface area contributed by atoms with Crippen molar-refractivity contribution < 1.29 is 0 Å². The predicted octanol–water partition coefficient (Wildman–Crippen LogP) is 3.05. The second kappa shape index (κ2) is 3.74. The van der Waals surface area contributed by atoms with Crippen molar-refractivity contribution in [3.63, 3.8) is 0 Å². The summed E-state index contributed by atoms with van der Waals surface area (Å²) in [5, 5.41) is 0. The third-order valence-electron chi connectivity index (χ3n) is 3.38. The summed E-state index contributed by atoms with van der Waals surface area (Å²) in [6.45, 7) is 2.31. The van der Waals surface area contributed by atoms with Gasteiger partial charge in [0.05, 0.1) is 0 Å². The maximum atomic E-state index is 6.47. The van der Waals surface area contributed by atoms with E-state index in [-0.39, 0.29) is 5.54 Å². The smallest absolute Gasteiger partial charge is 0.0412 e. The third-order valence-corrected chi connectivity index (χ3v) is 3.38. The van der Waals surface area contributed by atoms with Gasteiger partial charge < -0.3 is 5.73 Å². The van der Waals surface area contributed by atoms with Crippen LogP contribution >= 0.6 is 0 Å². The molecule has 1 fully saturated rings. The normalized spacial score (nSPS) is 32.9. The first-order chi connectivity index (χ1) is 6.71. The number of hydrogen-bond donors (Lipinski definition) is 1. The summed E-state index contributed by atoms with van der Waals surface area (Å²) in [6, 6.07) is 10.6. The Bertz CT molecular complexity index is 293. The van der Waals surface area contributed by atoms with Gasteiger partial charge in [-0.05, 0) is 24.3 Å². The molecule has 0 aromatic heterocycles. The zero-order valence-electron chi connectivity index (χ0n) is 8.87. The van der Waals surface area contributed by atoms with Crippen molar-refractivity contribution in [2.45, 2.75) is 38.1 Å². The Hall–Kier alpha value is -0.820. The van der Waals surface area contributed by atoms with Crippen molar-refractivity contribution >= 4 is 0 Å². The molecule has 2 N–H and O–H groups in total. The van der Waals surface area contributed by atoms with Crippen molar-refractivity contribution in [1.82, 2.24) is 0 Å². The van der Waals surface area contributed by atoms with E-state index in [1.807, 2.05) is 0 Å². The summed E-state index contributed by atoms with van der Waals surface area (Å²) in [6.07, 6.45) is 4.89. The highest BCUT2D eigenvalue weighted by molar-refractivity contribution is 5.24. The van der Waals surface area contributed by atoms with E-state index in [9.17, 15) is 0 Å². The Balaban J connectivity index is 2.23. The molecule has 0 spiro atoms. The van der Waals surface area contributed by atoms with Crippen molar-refractivity contribution in [1.29, 1.82) is 0 Å². The van der Waals surface area contributed by atoms with Crippen LogP contribution in [0.5, 0.6) is 0 Å². The maximum Gasteiger partial charge on any atom is 0.0412 e. The van der Waals surface area contributed by atoms with Crippen molar-refractivity contribution in [3.05, 3.63) is 35.9 Å². The second-order valence-corrected chi connectivity index (χ2v) is 4.72. The molecule has 1 aliphatic rings. The third kappa shape index (κ3) is 1.83. The van der Waals surface area contributed by atoms with Crippen LogP contribution in [0.3, 0.4) is 0 Å². The molecule has 0 amide bonds. The molecule has 0 unspecified atom stereocenters. The molecule has 76 valence electrons. The molecule has 1 aromatic carbocycles. The average molecular weight is 189 g/mol. The van der Waals surface area contributed by atoms with Gasteiger partial charge in [0.25, 0.3) is 0 Å². The number of nitrogens with two attached hydrogens (primary N) is 1. The average Bonchev–Trinajstić information content (AvgIpc) is 2.19. The van der Waals surface area contributed by atoms with Crippen LogP contribution in [0, 0.1) is 5.92 Å². The summed E-state index contributed by atoms with van der Waals surface area (Å²) in [5.74, 6) is 0.772. The van der Waals surface area contributed by atoms with Crippen LogP contribution in [0.1, 0.15) is 38.2 Å². The van der Waals surface area contributed by atoms with E-state index in [1.54, 1.807) is 0 Å². The Morgan fingerprint density at radius 3 is 2.64 bits per heavy atom. The molecule has 2 atom stereocenters. The van der Waals surface area contributed by atoms with Gasteiger partial charge in [0.2, 0.25) is 0 Å². The fourth-order valence-corrected chi connectivity index (χ4v) is 2.62. The van der Waals surface area contributed by atoms with E-state index < -0.39 is 0 Å². The van der Waals surface area contributed by atoms with Gasteiger partial charge in [-0.25, -0.2) is 0 Å². The van der Waals surface area contributed by atoms with Gasteiger partial charge in [-0.2, -0.15) is 0 Å². The molecule has 1 aromatic rings. The molecular formula is C13H19N. The second-order valence-electron chi connectivity index (χ2n) is 4.72. The first-order valence-electron chi connectivity index (χ1n) is 5.55. The Morgan fingerprint density at radius 1 is 1.29 bits per heavy atom. The van der Waals surface area contributed by atoms with Crippen LogP contribution in [0.25, 0.3) is 0 Å². The van der Waals surface area contributed by atoms with E-state index in [2.05, 4.69) is 37.3 Å². The fraction of sp³-hybridized carbons (Fsp3) is 0.538. The minimum atomic E-state index is -0.0566. The molecule has 0 bridgehead atoms. The molecule has 0 aliphatic heterocycles. The Kier molecular flexibility index (Phi) is 2.60. The number of hydrogen-bond acceptors (Lipinski definition) is 1. The molecule has 2 rings (SSSR count). The van der Waals surface area contributed by atoms with Crippen LogP contribution in [-0.2, 0) is 5.54 Å². The molecule has 14 heavy (non-hydrogen) atoms. The lowest BCUT2D eigenvalue weighted by atomic mass is 9.73. The molecule has 1 nitrogen and oxygen atoms in total. The molecule has 0 radical (unpaired) electrons. The van der Waals surface area contributed by atoms with Crippen molar-refractivity contribution in [2.75, 3.05) is 0 Å². The molecule has 0 saturated heterocycles. The molecule has 1 heteroatoms. The lowest BCUT2D eigenvalue weighted by Crippen LogP contribution is -2.40. The van der Waals surface area contributed by atoms with Crippen LogP contribution in [0.2, 0.25) is 0 Å². The van der Waals surface area contributed by atoms with Gasteiger partial charge in [0.1, 0.15) is 0 Å². The lowest BCUT2D eigenvalue weighted by Gasteiger charge is -2.37. The van der Waals surface area contributed by atoms with E-state index in [0.29, 0.717) is 0 Å². The highest BCUT2D eigenvalue weighted by Gasteiger charge is 2.32. The van der Waals surface area contributed by atoms with Gasteiger partial charge in [-0.3, -0.25) is 0 Å². The van der Waals surface area contributed by atoms with Crippen molar-refractivity contribution in [2.24, 2.45) is 11.7 Å². The van der Waals surface area contributed by atoms with Crippen LogP contribution < -0.4 is 5.73 Å². The van der Waals surface area contributed by atoms with Gasteiger partial charge in [0, 0.05) is 5.54 Å².